The van der Waals surface area contributed by atoms with E-state index in [2.05, 4.69) is 5.32 Å². The smallest absolute Gasteiger partial charge is 0.257 e. The summed E-state index contributed by atoms with van der Waals surface area (Å²) in [5.74, 6) is 0.486. The lowest BCUT2D eigenvalue weighted by molar-refractivity contribution is 0.0750. The molecule has 1 heterocycles. The van der Waals surface area contributed by atoms with E-state index in [1.165, 1.54) is 0 Å². The predicted molar refractivity (Wildman–Crippen MR) is 53.0 cm³/mol. The topological polar surface area (TPSA) is 64.4 Å². The Hall–Kier alpha value is -1.71. The minimum atomic E-state index is -0.223. The highest BCUT2D eigenvalue weighted by atomic mass is 16.5. The van der Waals surface area contributed by atoms with Gasteiger partial charge in [-0.1, -0.05) is 6.92 Å². The first-order valence-electron chi connectivity index (χ1n) is 4.57. The van der Waals surface area contributed by atoms with Crippen LogP contribution in [0.3, 0.4) is 0 Å². The molecule has 0 spiro atoms. The molecule has 4 heteroatoms. The Morgan fingerprint density at radius 3 is 3.07 bits per heavy atom. The minimum Gasteiger partial charge on any atom is -0.470 e. The average Bonchev–Trinajstić information content (AvgIpc) is 2.19. The summed E-state index contributed by atoms with van der Waals surface area (Å²) in [6.07, 6.45) is 0.522. The van der Waals surface area contributed by atoms with Gasteiger partial charge in [0.25, 0.3) is 5.91 Å². The van der Waals surface area contributed by atoms with Crippen LogP contribution in [-0.4, -0.2) is 12.1 Å². The van der Waals surface area contributed by atoms with E-state index in [0.717, 1.165) is 6.42 Å². The number of nitrogen functional groups attached to an aromatic ring is 1. The molecule has 3 N–H and O–H groups in total. The number of carbonyl (C=O) groups excluding carboxylic acids is 1. The van der Waals surface area contributed by atoms with Crippen molar-refractivity contribution in [3.8, 4) is 5.75 Å². The van der Waals surface area contributed by atoms with Gasteiger partial charge in [0.1, 0.15) is 5.75 Å². The summed E-state index contributed by atoms with van der Waals surface area (Å²) in [5.41, 5.74) is 6.65. The molecule has 1 amide bonds. The maximum atomic E-state index is 11.6. The number of rotatable bonds is 1. The number of fused-ring (bicyclic) bond motifs is 1. The van der Waals surface area contributed by atoms with Gasteiger partial charge in [-0.05, 0) is 18.2 Å². The zero-order valence-electron chi connectivity index (χ0n) is 7.91. The van der Waals surface area contributed by atoms with Crippen LogP contribution < -0.4 is 15.8 Å². The highest BCUT2D eigenvalue weighted by molar-refractivity contribution is 5.98. The van der Waals surface area contributed by atoms with Gasteiger partial charge in [-0.15, -0.1) is 0 Å². The van der Waals surface area contributed by atoms with E-state index in [-0.39, 0.29) is 12.1 Å². The van der Waals surface area contributed by atoms with E-state index in [1.54, 1.807) is 18.2 Å². The van der Waals surface area contributed by atoms with Crippen molar-refractivity contribution in [1.82, 2.24) is 5.32 Å². The summed E-state index contributed by atoms with van der Waals surface area (Å²) < 4.78 is 5.52. The first-order valence-corrected chi connectivity index (χ1v) is 4.57. The molecule has 4 nitrogen and oxygen atoms in total. The molecule has 1 unspecified atom stereocenters. The third-order valence-corrected chi connectivity index (χ3v) is 2.18. The molecule has 0 bridgehead atoms. The molecule has 0 aliphatic carbocycles. The molecular formula is C10H12N2O2. The molecule has 1 aliphatic rings. The number of nitrogens with one attached hydrogen (secondary N) is 1. The normalized spacial score (nSPS) is 19.5. The summed E-state index contributed by atoms with van der Waals surface area (Å²) in [6, 6.07) is 5.08. The lowest BCUT2D eigenvalue weighted by Gasteiger charge is -2.25. The Kier molecular flexibility index (Phi) is 2.04. The Morgan fingerprint density at radius 2 is 2.36 bits per heavy atom. The van der Waals surface area contributed by atoms with Crippen molar-refractivity contribution < 1.29 is 9.53 Å². The van der Waals surface area contributed by atoms with Crippen LogP contribution >= 0.6 is 0 Å². The Bertz CT molecular complexity index is 376. The molecule has 0 saturated heterocycles. The number of hydrogen-bond acceptors (Lipinski definition) is 3. The van der Waals surface area contributed by atoms with Crippen LogP contribution in [0.5, 0.6) is 5.75 Å². The number of nitrogens with two attached hydrogens (primary N) is 1. The van der Waals surface area contributed by atoms with Crippen molar-refractivity contribution in [2.75, 3.05) is 5.73 Å². The van der Waals surface area contributed by atoms with Gasteiger partial charge in [0, 0.05) is 12.1 Å². The third kappa shape index (κ3) is 1.39. The standard InChI is InChI=1S/C10H12N2O2/c1-2-9-12-10(13)7-5-6(11)3-4-8(7)14-9/h3-5,9H,2,11H2,1H3,(H,12,13). The Labute approximate surface area is 82.1 Å². The quantitative estimate of drug-likeness (QED) is 0.655. The number of hydrogen-bond donors (Lipinski definition) is 2. The molecular weight excluding hydrogens is 180 g/mol. The zero-order chi connectivity index (χ0) is 10.1. The van der Waals surface area contributed by atoms with E-state index >= 15 is 0 Å². The maximum Gasteiger partial charge on any atom is 0.257 e. The third-order valence-electron chi connectivity index (χ3n) is 2.18. The second-order valence-corrected chi connectivity index (χ2v) is 3.24. The van der Waals surface area contributed by atoms with Crippen molar-refractivity contribution >= 4 is 11.6 Å². The zero-order valence-corrected chi connectivity index (χ0v) is 7.91. The van der Waals surface area contributed by atoms with Crippen molar-refractivity contribution in [2.45, 2.75) is 19.6 Å². The van der Waals surface area contributed by atoms with Crippen LogP contribution in [0, 0.1) is 0 Å². The lowest BCUT2D eigenvalue weighted by atomic mass is 10.1. The monoisotopic (exact) mass is 192 g/mol. The highest BCUT2D eigenvalue weighted by Crippen LogP contribution is 2.25. The summed E-state index contributed by atoms with van der Waals surface area (Å²) in [5, 5.41) is 2.73. The van der Waals surface area contributed by atoms with Crippen LogP contribution in [-0.2, 0) is 0 Å². The Morgan fingerprint density at radius 1 is 1.57 bits per heavy atom. The van der Waals surface area contributed by atoms with Crippen LogP contribution in [0.1, 0.15) is 23.7 Å². The van der Waals surface area contributed by atoms with Gasteiger partial charge >= 0.3 is 0 Å². The van der Waals surface area contributed by atoms with Gasteiger partial charge in [0.2, 0.25) is 0 Å². The molecule has 0 radical (unpaired) electrons. The van der Waals surface area contributed by atoms with Gasteiger partial charge < -0.3 is 15.8 Å². The maximum absolute atomic E-state index is 11.6. The molecule has 0 fully saturated rings. The molecule has 1 atom stereocenters. The molecule has 0 saturated carbocycles. The number of benzene rings is 1. The first-order chi connectivity index (χ1) is 6.70. The van der Waals surface area contributed by atoms with Crippen molar-refractivity contribution in [3.63, 3.8) is 0 Å². The van der Waals surface area contributed by atoms with E-state index in [0.29, 0.717) is 17.0 Å². The van der Waals surface area contributed by atoms with Crippen LogP contribution in [0.2, 0.25) is 0 Å². The molecule has 74 valence electrons. The summed E-state index contributed by atoms with van der Waals surface area (Å²) in [4.78, 5) is 11.6. The number of ether oxygens (including phenoxy) is 1. The van der Waals surface area contributed by atoms with Gasteiger partial charge in [-0.2, -0.15) is 0 Å². The lowest BCUT2D eigenvalue weighted by Crippen LogP contribution is -2.42. The van der Waals surface area contributed by atoms with Gasteiger partial charge in [0.05, 0.1) is 5.56 Å². The SMILES string of the molecule is CCC1NC(=O)c2cc(N)ccc2O1. The summed E-state index contributed by atoms with van der Waals surface area (Å²) in [7, 11) is 0. The largest absolute Gasteiger partial charge is 0.470 e. The number of anilines is 1. The highest BCUT2D eigenvalue weighted by Gasteiger charge is 2.23. The molecule has 1 aromatic rings. The number of amides is 1. The van der Waals surface area contributed by atoms with Crippen LogP contribution in [0.25, 0.3) is 0 Å². The van der Waals surface area contributed by atoms with Crippen molar-refractivity contribution in [2.24, 2.45) is 0 Å². The van der Waals surface area contributed by atoms with Crippen LogP contribution in [0.15, 0.2) is 18.2 Å². The van der Waals surface area contributed by atoms with Gasteiger partial charge in [0.15, 0.2) is 6.23 Å². The molecule has 1 aliphatic heterocycles. The first kappa shape index (κ1) is 8.87. The second-order valence-electron chi connectivity index (χ2n) is 3.24. The minimum absolute atomic E-state index is 0.120. The second kappa shape index (κ2) is 3.21. The van der Waals surface area contributed by atoms with E-state index in [1.807, 2.05) is 6.92 Å². The van der Waals surface area contributed by atoms with Crippen molar-refractivity contribution in [1.29, 1.82) is 0 Å². The van der Waals surface area contributed by atoms with Crippen LogP contribution in [0.4, 0.5) is 5.69 Å². The average molecular weight is 192 g/mol. The summed E-state index contributed by atoms with van der Waals surface area (Å²) >= 11 is 0. The van der Waals surface area contributed by atoms with Gasteiger partial charge in [-0.25, -0.2) is 0 Å². The molecule has 1 aromatic carbocycles. The predicted octanol–water partition coefficient (Wildman–Crippen LogP) is 1.13. The fourth-order valence-electron chi connectivity index (χ4n) is 1.42. The Balaban J connectivity index is 2.40. The van der Waals surface area contributed by atoms with Gasteiger partial charge in [-0.3, -0.25) is 4.79 Å². The summed E-state index contributed by atoms with van der Waals surface area (Å²) in [6.45, 7) is 1.95. The van der Waals surface area contributed by atoms with E-state index in [4.69, 9.17) is 10.5 Å². The fourth-order valence-corrected chi connectivity index (χ4v) is 1.42. The molecule has 14 heavy (non-hydrogen) atoms. The fraction of sp³-hybridized carbons (Fsp3) is 0.300. The number of carbonyl (C=O) groups is 1. The van der Waals surface area contributed by atoms with E-state index in [9.17, 15) is 4.79 Å². The van der Waals surface area contributed by atoms with Crippen molar-refractivity contribution in [3.05, 3.63) is 23.8 Å². The van der Waals surface area contributed by atoms with E-state index < -0.39 is 0 Å². The molecule has 2 rings (SSSR count). The molecule has 0 aromatic heterocycles.